The van der Waals surface area contributed by atoms with E-state index in [-0.39, 0.29) is 18.3 Å². The number of phenolic OH excluding ortho intramolecular Hbond substituents is 1. The summed E-state index contributed by atoms with van der Waals surface area (Å²) in [5, 5.41) is 16.9. The van der Waals surface area contributed by atoms with E-state index >= 15 is 0 Å². The zero-order valence-corrected chi connectivity index (χ0v) is 14.4. The molecule has 0 radical (unpaired) electrons. The van der Waals surface area contributed by atoms with Crippen molar-refractivity contribution in [3.8, 4) is 34.3 Å². The average molecular weight is 364 g/mol. The van der Waals surface area contributed by atoms with Gasteiger partial charge in [-0.2, -0.15) is 5.10 Å². The van der Waals surface area contributed by atoms with E-state index < -0.39 is 0 Å². The molecule has 0 saturated carbocycles. The Bertz CT molecular complexity index is 1040. The second-order valence-corrected chi connectivity index (χ2v) is 5.86. The molecule has 2 aromatic carbocycles. The molecule has 0 aliphatic carbocycles. The topological polar surface area (TPSA) is 93.7 Å². The molecule has 3 aromatic rings. The number of benzene rings is 2. The minimum Gasteiger partial charge on any atom is -0.504 e. The third-order valence-electron chi connectivity index (χ3n) is 4.14. The first-order chi connectivity index (χ1) is 13.1. The molecule has 0 bridgehead atoms. The molecule has 0 amide bonds. The molecule has 7 heteroatoms. The Hall–Kier alpha value is -3.74. The molecule has 4 rings (SSSR count). The number of nitrogens with one attached hydrogen (secondary N) is 1. The predicted molar refractivity (Wildman–Crippen MR) is 98.2 cm³/mol. The van der Waals surface area contributed by atoms with E-state index in [0.29, 0.717) is 28.5 Å². The van der Waals surface area contributed by atoms with Crippen molar-refractivity contribution in [3.05, 3.63) is 59.8 Å². The Balaban J connectivity index is 1.50. The quantitative estimate of drug-likeness (QED) is 0.532. The SMILES string of the molecule is COc1ccc(C(=O)C=Cc2cc(-c3ccc4c(c3)OCO4)n[nH]2)cc1O. The van der Waals surface area contributed by atoms with Crippen molar-refractivity contribution in [2.45, 2.75) is 0 Å². The molecular weight excluding hydrogens is 348 g/mol. The van der Waals surface area contributed by atoms with Crippen LogP contribution in [0.1, 0.15) is 16.1 Å². The maximum absolute atomic E-state index is 12.3. The summed E-state index contributed by atoms with van der Waals surface area (Å²) in [5.41, 5.74) is 2.64. The van der Waals surface area contributed by atoms with Gasteiger partial charge in [0, 0.05) is 11.1 Å². The van der Waals surface area contributed by atoms with Crippen LogP contribution in [-0.4, -0.2) is 35.0 Å². The van der Waals surface area contributed by atoms with Gasteiger partial charge in [0.25, 0.3) is 0 Å². The summed E-state index contributed by atoms with van der Waals surface area (Å²) in [6.07, 6.45) is 3.05. The second-order valence-electron chi connectivity index (χ2n) is 5.86. The van der Waals surface area contributed by atoms with Gasteiger partial charge in [0.1, 0.15) is 0 Å². The van der Waals surface area contributed by atoms with Crippen LogP contribution in [0.5, 0.6) is 23.0 Å². The largest absolute Gasteiger partial charge is 0.504 e. The summed E-state index contributed by atoms with van der Waals surface area (Å²) in [6, 6.07) is 11.9. The van der Waals surface area contributed by atoms with E-state index in [2.05, 4.69) is 10.2 Å². The predicted octanol–water partition coefficient (Wildman–Crippen LogP) is 3.42. The van der Waals surface area contributed by atoms with E-state index in [9.17, 15) is 9.90 Å². The van der Waals surface area contributed by atoms with Crippen molar-refractivity contribution in [3.63, 3.8) is 0 Å². The van der Waals surface area contributed by atoms with Crippen LogP contribution >= 0.6 is 0 Å². The maximum atomic E-state index is 12.3. The highest BCUT2D eigenvalue weighted by Gasteiger charge is 2.15. The molecular formula is C20H16N2O5. The fraction of sp³-hybridized carbons (Fsp3) is 0.100. The van der Waals surface area contributed by atoms with Crippen LogP contribution in [0.25, 0.3) is 17.3 Å². The fourth-order valence-electron chi connectivity index (χ4n) is 2.73. The number of nitrogens with zero attached hydrogens (tertiary/aromatic N) is 1. The first-order valence-corrected chi connectivity index (χ1v) is 8.19. The van der Waals surface area contributed by atoms with E-state index in [0.717, 1.165) is 11.3 Å². The van der Waals surface area contributed by atoms with Gasteiger partial charge in [-0.15, -0.1) is 0 Å². The molecule has 136 valence electrons. The highest BCUT2D eigenvalue weighted by atomic mass is 16.7. The molecule has 7 nitrogen and oxygen atoms in total. The number of H-pyrrole nitrogens is 1. The highest BCUT2D eigenvalue weighted by molar-refractivity contribution is 6.07. The van der Waals surface area contributed by atoms with Gasteiger partial charge in [-0.05, 0) is 54.6 Å². The summed E-state index contributed by atoms with van der Waals surface area (Å²) >= 11 is 0. The Labute approximate surface area is 154 Å². The lowest BCUT2D eigenvalue weighted by molar-refractivity contribution is 0.104. The normalized spacial score (nSPS) is 12.5. The van der Waals surface area contributed by atoms with Crippen molar-refractivity contribution in [2.75, 3.05) is 13.9 Å². The molecule has 2 heterocycles. The number of ether oxygens (including phenoxy) is 3. The highest BCUT2D eigenvalue weighted by Crippen LogP contribution is 2.35. The number of aromatic hydroxyl groups is 1. The molecule has 2 N–H and O–H groups in total. The fourth-order valence-corrected chi connectivity index (χ4v) is 2.73. The van der Waals surface area contributed by atoms with Crippen molar-refractivity contribution in [1.29, 1.82) is 0 Å². The lowest BCUT2D eigenvalue weighted by Crippen LogP contribution is -1.94. The van der Waals surface area contributed by atoms with Crippen LogP contribution in [0.4, 0.5) is 0 Å². The van der Waals surface area contributed by atoms with E-state index in [4.69, 9.17) is 14.2 Å². The van der Waals surface area contributed by atoms with Gasteiger partial charge in [-0.1, -0.05) is 0 Å². The number of methoxy groups -OCH3 is 1. The zero-order chi connectivity index (χ0) is 18.8. The van der Waals surface area contributed by atoms with Gasteiger partial charge in [-0.3, -0.25) is 9.89 Å². The number of aromatic nitrogens is 2. The number of ketones is 1. The first kappa shape index (κ1) is 16.7. The molecule has 1 aliphatic rings. The number of allylic oxidation sites excluding steroid dienone is 1. The van der Waals surface area contributed by atoms with Crippen LogP contribution in [0.15, 0.2) is 48.5 Å². The van der Waals surface area contributed by atoms with Crippen molar-refractivity contribution in [1.82, 2.24) is 10.2 Å². The Morgan fingerprint density at radius 3 is 2.85 bits per heavy atom. The second kappa shape index (κ2) is 6.87. The number of rotatable bonds is 5. The molecule has 1 aromatic heterocycles. The number of aromatic amines is 1. The standard InChI is InChI=1S/C20H16N2O5/c1-25-18-6-3-13(8-17(18)24)16(23)5-4-14-10-15(22-21-14)12-2-7-19-20(9-12)27-11-26-19/h2-10,24H,11H2,1H3,(H,21,22). The van der Waals surface area contributed by atoms with Gasteiger partial charge in [0.15, 0.2) is 28.8 Å². The number of hydrogen-bond acceptors (Lipinski definition) is 6. The lowest BCUT2D eigenvalue weighted by Gasteiger charge is -2.03. The number of hydrogen-bond donors (Lipinski definition) is 2. The number of carbonyl (C=O) groups is 1. The van der Waals surface area contributed by atoms with Gasteiger partial charge < -0.3 is 19.3 Å². The van der Waals surface area contributed by atoms with Crippen LogP contribution in [-0.2, 0) is 0 Å². The van der Waals surface area contributed by atoms with E-state index in [1.165, 1.54) is 19.3 Å². The summed E-state index contributed by atoms with van der Waals surface area (Å²) in [7, 11) is 1.45. The van der Waals surface area contributed by atoms with Crippen LogP contribution in [0.3, 0.4) is 0 Å². The van der Waals surface area contributed by atoms with Crippen molar-refractivity contribution in [2.24, 2.45) is 0 Å². The summed E-state index contributed by atoms with van der Waals surface area (Å²) in [6.45, 7) is 0.219. The minimum atomic E-state index is -0.243. The summed E-state index contributed by atoms with van der Waals surface area (Å²) < 4.78 is 15.6. The molecule has 0 atom stereocenters. The molecule has 0 unspecified atom stereocenters. The minimum absolute atomic E-state index is 0.0802. The lowest BCUT2D eigenvalue weighted by atomic mass is 10.1. The maximum Gasteiger partial charge on any atom is 0.231 e. The average Bonchev–Trinajstić information content (AvgIpc) is 3.34. The number of carbonyl (C=O) groups excluding carboxylic acids is 1. The third kappa shape index (κ3) is 3.35. The first-order valence-electron chi connectivity index (χ1n) is 8.19. The van der Waals surface area contributed by atoms with E-state index in [1.807, 2.05) is 24.3 Å². The number of fused-ring (bicyclic) bond motifs is 1. The Morgan fingerprint density at radius 2 is 2.04 bits per heavy atom. The molecule has 0 fully saturated rings. The van der Waals surface area contributed by atoms with E-state index in [1.54, 1.807) is 18.2 Å². The van der Waals surface area contributed by atoms with Gasteiger partial charge in [0.2, 0.25) is 6.79 Å². The third-order valence-corrected chi connectivity index (χ3v) is 4.14. The van der Waals surface area contributed by atoms with Gasteiger partial charge in [0.05, 0.1) is 18.5 Å². The molecule has 0 spiro atoms. The smallest absolute Gasteiger partial charge is 0.231 e. The molecule has 0 saturated heterocycles. The zero-order valence-electron chi connectivity index (χ0n) is 14.4. The van der Waals surface area contributed by atoms with Gasteiger partial charge in [-0.25, -0.2) is 0 Å². The number of phenols is 1. The van der Waals surface area contributed by atoms with Crippen molar-refractivity contribution < 1.29 is 24.1 Å². The van der Waals surface area contributed by atoms with Crippen molar-refractivity contribution >= 4 is 11.9 Å². The summed E-state index contributed by atoms with van der Waals surface area (Å²) in [4.78, 5) is 12.3. The molecule has 1 aliphatic heterocycles. The monoisotopic (exact) mass is 364 g/mol. The summed E-state index contributed by atoms with van der Waals surface area (Å²) in [5.74, 6) is 1.39. The van der Waals surface area contributed by atoms with Crippen LogP contribution in [0.2, 0.25) is 0 Å². The van der Waals surface area contributed by atoms with Gasteiger partial charge >= 0.3 is 0 Å². The van der Waals surface area contributed by atoms with Crippen LogP contribution < -0.4 is 14.2 Å². The Morgan fingerprint density at radius 1 is 1.19 bits per heavy atom. The molecule has 27 heavy (non-hydrogen) atoms. The van der Waals surface area contributed by atoms with Crippen LogP contribution in [0, 0.1) is 0 Å². The Kier molecular flexibility index (Phi) is 4.25.